The van der Waals surface area contributed by atoms with Crippen molar-refractivity contribution >= 4 is 35.3 Å². The van der Waals surface area contributed by atoms with Crippen LogP contribution in [0.2, 0.25) is 0 Å². The lowest BCUT2D eigenvalue weighted by atomic mass is 10.1. The highest BCUT2D eigenvalue weighted by atomic mass is 16.5. The molecule has 0 aliphatic heterocycles. The monoisotopic (exact) mass is 504 g/mol. The van der Waals surface area contributed by atoms with E-state index in [2.05, 4.69) is 10.6 Å². The van der Waals surface area contributed by atoms with Crippen molar-refractivity contribution in [3.63, 3.8) is 0 Å². The molecule has 0 aliphatic rings. The predicted molar refractivity (Wildman–Crippen MR) is 135 cm³/mol. The number of methoxy groups -OCH3 is 4. The number of nitrogens with two attached hydrogens (primary N) is 2. The third-order valence-corrected chi connectivity index (χ3v) is 5.05. The normalized spacial score (nSPS) is 12.6. The summed E-state index contributed by atoms with van der Waals surface area (Å²) in [5.74, 6) is 0.164. The van der Waals surface area contributed by atoms with Crippen LogP contribution in [0, 0.1) is 0 Å². The molecule has 0 saturated carbocycles. The van der Waals surface area contributed by atoms with Crippen molar-refractivity contribution in [2.45, 2.75) is 12.1 Å². The average molecular weight is 505 g/mol. The van der Waals surface area contributed by atoms with Crippen LogP contribution in [0.3, 0.4) is 0 Å². The lowest BCUT2D eigenvalue weighted by Crippen LogP contribution is -2.39. The fourth-order valence-electron chi connectivity index (χ4n) is 3.16. The van der Waals surface area contributed by atoms with Gasteiger partial charge in [0.1, 0.15) is 12.1 Å². The van der Waals surface area contributed by atoms with Gasteiger partial charge in [-0.15, -0.1) is 0 Å². The van der Waals surface area contributed by atoms with E-state index in [1.54, 1.807) is 36.4 Å². The molecule has 0 spiro atoms. The van der Waals surface area contributed by atoms with Gasteiger partial charge in [0.2, 0.25) is 17.6 Å². The Kier molecular flexibility index (Phi) is 10.5. The fourth-order valence-corrected chi connectivity index (χ4v) is 3.16. The third kappa shape index (κ3) is 6.86. The smallest absolute Gasteiger partial charge is 0.243 e. The summed E-state index contributed by atoms with van der Waals surface area (Å²) in [6.07, 6.45) is 3.46. The van der Waals surface area contributed by atoms with Crippen molar-refractivity contribution in [1.82, 2.24) is 0 Å². The molecule has 2 aromatic carbocycles. The van der Waals surface area contributed by atoms with Gasteiger partial charge in [-0.25, -0.2) is 0 Å². The van der Waals surface area contributed by atoms with E-state index >= 15 is 0 Å². The number of benzene rings is 2. The molecule has 2 amide bonds. The van der Waals surface area contributed by atoms with E-state index in [1.807, 2.05) is 0 Å². The van der Waals surface area contributed by atoms with Crippen molar-refractivity contribution in [3.8, 4) is 23.0 Å². The van der Waals surface area contributed by atoms with E-state index in [9.17, 15) is 19.8 Å². The van der Waals surface area contributed by atoms with Gasteiger partial charge in [0.25, 0.3) is 0 Å². The minimum atomic E-state index is -1.17. The first-order valence-corrected chi connectivity index (χ1v) is 10.8. The minimum absolute atomic E-state index is 0.122. The number of hydrogen-bond donors (Lipinski definition) is 6. The van der Waals surface area contributed by atoms with Crippen molar-refractivity contribution in [2.24, 2.45) is 11.5 Å². The second-order valence-corrected chi connectivity index (χ2v) is 7.50. The summed E-state index contributed by atoms with van der Waals surface area (Å²) in [5, 5.41) is 23.6. The Morgan fingerprint density at radius 2 is 1.14 bits per heavy atom. The summed E-state index contributed by atoms with van der Waals surface area (Å²) in [6.45, 7) is -1.13. The zero-order valence-corrected chi connectivity index (χ0v) is 20.5. The lowest BCUT2D eigenvalue weighted by molar-refractivity contribution is -0.118. The van der Waals surface area contributed by atoms with Crippen molar-refractivity contribution < 1.29 is 38.7 Å². The SMILES string of the molecule is COc1cc(/C=C\c2cc(NC(=O)[C@@H](N)CO)c(OC)c(NC(=O)[C@@H](N)CO)c2)cc(OC)c1OC. The first-order valence-electron chi connectivity index (χ1n) is 10.8. The van der Waals surface area contributed by atoms with Gasteiger partial charge in [-0.05, 0) is 35.4 Å². The molecule has 8 N–H and O–H groups in total. The summed E-state index contributed by atoms with van der Waals surface area (Å²) in [5.41, 5.74) is 12.9. The number of aliphatic hydroxyl groups is 2. The average Bonchev–Trinajstić information content (AvgIpc) is 2.89. The molecule has 2 atom stereocenters. The molecule has 0 aliphatic carbocycles. The Morgan fingerprint density at radius 1 is 0.750 bits per heavy atom. The highest BCUT2D eigenvalue weighted by Gasteiger charge is 2.20. The van der Waals surface area contributed by atoms with Gasteiger partial charge < -0.3 is 51.3 Å². The van der Waals surface area contributed by atoms with Crippen LogP contribution >= 0.6 is 0 Å². The molecule has 0 bridgehead atoms. The van der Waals surface area contributed by atoms with E-state index in [-0.39, 0.29) is 17.1 Å². The van der Waals surface area contributed by atoms with Crippen LogP contribution in [0.4, 0.5) is 11.4 Å². The molecular formula is C24H32N4O8. The molecular weight excluding hydrogens is 472 g/mol. The van der Waals surface area contributed by atoms with Gasteiger partial charge in [0, 0.05) is 0 Å². The van der Waals surface area contributed by atoms with Crippen LogP contribution in [0.25, 0.3) is 12.2 Å². The molecule has 2 aromatic rings. The van der Waals surface area contributed by atoms with Crippen LogP contribution in [-0.4, -0.2) is 75.8 Å². The van der Waals surface area contributed by atoms with Gasteiger partial charge in [0.05, 0.1) is 53.0 Å². The first-order chi connectivity index (χ1) is 17.2. The summed E-state index contributed by atoms with van der Waals surface area (Å²) in [7, 11) is 5.87. The summed E-state index contributed by atoms with van der Waals surface area (Å²) < 4.78 is 21.5. The number of hydrogen-bond acceptors (Lipinski definition) is 10. The quantitative estimate of drug-likeness (QED) is 0.221. The van der Waals surface area contributed by atoms with E-state index in [4.69, 9.17) is 30.4 Å². The van der Waals surface area contributed by atoms with Crippen LogP contribution in [0.5, 0.6) is 23.0 Å². The second-order valence-electron chi connectivity index (χ2n) is 7.50. The van der Waals surface area contributed by atoms with Crippen LogP contribution in [0.15, 0.2) is 24.3 Å². The summed E-state index contributed by atoms with van der Waals surface area (Å²) >= 11 is 0. The largest absolute Gasteiger partial charge is 0.493 e. The third-order valence-electron chi connectivity index (χ3n) is 5.05. The highest BCUT2D eigenvalue weighted by molar-refractivity contribution is 6.01. The minimum Gasteiger partial charge on any atom is -0.493 e. The van der Waals surface area contributed by atoms with Crippen molar-refractivity contribution in [2.75, 3.05) is 52.3 Å². The number of carbonyl (C=O) groups is 2. The van der Waals surface area contributed by atoms with E-state index in [1.165, 1.54) is 28.4 Å². The van der Waals surface area contributed by atoms with Crippen LogP contribution in [-0.2, 0) is 9.59 Å². The summed E-state index contributed by atoms with van der Waals surface area (Å²) in [6, 6.07) is 4.33. The summed E-state index contributed by atoms with van der Waals surface area (Å²) in [4.78, 5) is 24.7. The van der Waals surface area contributed by atoms with E-state index in [0.717, 1.165) is 0 Å². The zero-order valence-electron chi connectivity index (χ0n) is 20.5. The van der Waals surface area contributed by atoms with Gasteiger partial charge in [-0.1, -0.05) is 12.2 Å². The molecule has 0 aromatic heterocycles. The molecule has 0 saturated heterocycles. The zero-order chi connectivity index (χ0) is 26.8. The second kappa shape index (κ2) is 13.3. The number of nitrogens with one attached hydrogen (secondary N) is 2. The van der Waals surface area contributed by atoms with Crippen LogP contribution in [0.1, 0.15) is 11.1 Å². The van der Waals surface area contributed by atoms with Gasteiger partial charge in [-0.3, -0.25) is 9.59 Å². The number of amides is 2. The topological polar surface area (TPSA) is 188 Å². The van der Waals surface area contributed by atoms with Crippen LogP contribution < -0.4 is 41.0 Å². The van der Waals surface area contributed by atoms with E-state index in [0.29, 0.717) is 28.4 Å². The standard InChI is InChI=1S/C24H32N4O8/c1-33-19-9-14(10-20(34-2)22(19)36-4)6-5-13-7-17(27-23(31)15(25)11-29)21(35-3)18(8-13)28-24(32)16(26)12-30/h5-10,15-16,29-30H,11-12,25-26H2,1-4H3,(H,27,31)(H,28,32)/b6-5-/t15-,16-/m0/s1. The molecule has 2 rings (SSSR count). The Bertz CT molecular complexity index is 1040. The Labute approximate surface area is 208 Å². The molecule has 0 radical (unpaired) electrons. The van der Waals surface area contributed by atoms with Gasteiger partial charge >= 0.3 is 0 Å². The Balaban J connectivity index is 2.56. The maximum Gasteiger partial charge on any atom is 0.243 e. The molecule has 0 fully saturated rings. The molecule has 0 heterocycles. The van der Waals surface area contributed by atoms with E-state index < -0.39 is 37.1 Å². The number of anilines is 2. The molecule has 196 valence electrons. The number of ether oxygens (including phenoxy) is 4. The Hall–Kier alpha value is -3.84. The maximum absolute atomic E-state index is 12.3. The Morgan fingerprint density at radius 3 is 1.47 bits per heavy atom. The fraction of sp³-hybridized carbons (Fsp3) is 0.333. The van der Waals surface area contributed by atoms with Gasteiger partial charge in [-0.2, -0.15) is 0 Å². The number of carbonyl (C=O) groups excluding carboxylic acids is 2. The number of aliphatic hydroxyl groups excluding tert-OH is 2. The van der Waals surface area contributed by atoms with Gasteiger partial charge in [0.15, 0.2) is 17.2 Å². The molecule has 36 heavy (non-hydrogen) atoms. The highest BCUT2D eigenvalue weighted by Crippen LogP contribution is 2.39. The predicted octanol–water partition coefficient (Wildman–Crippen LogP) is 0.408. The lowest BCUT2D eigenvalue weighted by Gasteiger charge is -2.18. The van der Waals surface area contributed by atoms with Crippen molar-refractivity contribution in [1.29, 1.82) is 0 Å². The molecule has 12 heteroatoms. The number of rotatable bonds is 12. The molecule has 12 nitrogen and oxygen atoms in total. The maximum atomic E-state index is 12.3. The first kappa shape index (κ1) is 28.4. The van der Waals surface area contributed by atoms with Crippen molar-refractivity contribution in [3.05, 3.63) is 35.4 Å². The molecule has 0 unspecified atom stereocenters.